The number of nitrogens with zero attached hydrogens (tertiary/aromatic N) is 3. The number of hydrogen-bond donors (Lipinski definition) is 3. The summed E-state index contributed by atoms with van der Waals surface area (Å²) in [5.41, 5.74) is 0. The van der Waals surface area contributed by atoms with Crippen LogP contribution in [-0.2, 0) is 4.79 Å². The van der Waals surface area contributed by atoms with Gasteiger partial charge >= 0.3 is 6.03 Å². The lowest BCUT2D eigenvalue weighted by Gasteiger charge is -2.34. The highest BCUT2D eigenvalue weighted by molar-refractivity contribution is 5.96. The summed E-state index contributed by atoms with van der Waals surface area (Å²) >= 11 is 0. The van der Waals surface area contributed by atoms with Gasteiger partial charge in [-0.25, -0.2) is 9.78 Å². The predicted molar refractivity (Wildman–Crippen MR) is 88.3 cm³/mol. The van der Waals surface area contributed by atoms with Gasteiger partial charge in [-0.05, 0) is 45.7 Å². The molecule has 1 saturated heterocycles. The summed E-state index contributed by atoms with van der Waals surface area (Å²) in [7, 11) is 0. The Morgan fingerprint density at radius 2 is 1.96 bits per heavy atom. The van der Waals surface area contributed by atoms with Gasteiger partial charge in [-0.3, -0.25) is 20.1 Å². The summed E-state index contributed by atoms with van der Waals surface area (Å²) in [6, 6.07) is -0.462. The van der Waals surface area contributed by atoms with Crippen molar-refractivity contribution in [1.82, 2.24) is 30.7 Å². The molecule has 2 heterocycles. The van der Waals surface area contributed by atoms with E-state index >= 15 is 0 Å². The standard InChI is InChI=1S/C16H26N6O2/c1-11(15(23)20-16(24)19-13-4-2-3-5-13)22-8-6-12(7-9-22)14-17-10-18-21-14/h10-13H,2-9H2,1H3,(H,17,18,21)(H2,19,20,23,24)/t11-/m0/s1. The Labute approximate surface area is 141 Å². The second-order valence-corrected chi connectivity index (χ2v) is 6.80. The molecule has 0 unspecified atom stereocenters. The normalized spacial score (nSPS) is 21.5. The van der Waals surface area contributed by atoms with E-state index in [9.17, 15) is 9.59 Å². The van der Waals surface area contributed by atoms with Gasteiger partial charge in [0.15, 0.2) is 0 Å². The number of nitrogens with one attached hydrogen (secondary N) is 3. The molecule has 3 amide bonds. The monoisotopic (exact) mass is 334 g/mol. The Kier molecular flexibility index (Phi) is 5.44. The van der Waals surface area contributed by atoms with E-state index in [-0.39, 0.29) is 24.0 Å². The Balaban J connectivity index is 1.43. The lowest BCUT2D eigenvalue weighted by atomic mass is 9.95. The van der Waals surface area contributed by atoms with Crippen molar-refractivity contribution in [1.29, 1.82) is 0 Å². The smallest absolute Gasteiger partial charge is 0.321 e. The minimum atomic E-state index is -0.365. The second kappa shape index (κ2) is 7.74. The van der Waals surface area contributed by atoms with Crippen LogP contribution in [-0.4, -0.2) is 57.2 Å². The van der Waals surface area contributed by atoms with Crippen LogP contribution >= 0.6 is 0 Å². The molecule has 1 atom stereocenters. The van der Waals surface area contributed by atoms with Crippen molar-refractivity contribution in [3.05, 3.63) is 12.2 Å². The molecular weight excluding hydrogens is 308 g/mol. The van der Waals surface area contributed by atoms with E-state index in [1.165, 1.54) is 6.33 Å². The molecule has 8 nitrogen and oxygen atoms in total. The molecule has 1 aliphatic carbocycles. The van der Waals surface area contributed by atoms with Crippen LogP contribution in [0.5, 0.6) is 0 Å². The van der Waals surface area contributed by atoms with Crippen LogP contribution in [0.3, 0.4) is 0 Å². The number of likely N-dealkylation sites (tertiary alicyclic amines) is 1. The van der Waals surface area contributed by atoms with Gasteiger partial charge < -0.3 is 5.32 Å². The molecule has 3 N–H and O–H groups in total. The fourth-order valence-corrected chi connectivity index (χ4v) is 3.65. The first-order chi connectivity index (χ1) is 11.6. The van der Waals surface area contributed by atoms with Crippen LogP contribution in [0.25, 0.3) is 0 Å². The van der Waals surface area contributed by atoms with E-state index in [0.29, 0.717) is 5.92 Å². The maximum absolute atomic E-state index is 12.3. The second-order valence-electron chi connectivity index (χ2n) is 6.80. The molecule has 0 aromatic carbocycles. The third-order valence-electron chi connectivity index (χ3n) is 5.20. The lowest BCUT2D eigenvalue weighted by molar-refractivity contribution is -0.125. The number of imide groups is 1. The summed E-state index contributed by atoms with van der Waals surface area (Å²) in [6.07, 6.45) is 7.70. The van der Waals surface area contributed by atoms with E-state index in [1.807, 2.05) is 6.92 Å². The Morgan fingerprint density at radius 1 is 1.25 bits per heavy atom. The molecule has 2 aliphatic rings. The molecule has 1 aromatic rings. The zero-order valence-corrected chi connectivity index (χ0v) is 14.1. The molecule has 24 heavy (non-hydrogen) atoms. The van der Waals surface area contributed by atoms with Gasteiger partial charge in [-0.1, -0.05) is 12.8 Å². The number of amides is 3. The first kappa shape index (κ1) is 16.9. The Hall–Kier alpha value is -1.96. The maximum atomic E-state index is 12.3. The highest BCUT2D eigenvalue weighted by Gasteiger charge is 2.29. The minimum absolute atomic E-state index is 0.214. The topological polar surface area (TPSA) is 103 Å². The Bertz CT molecular complexity index is 547. The SMILES string of the molecule is C[C@@H](C(=O)NC(=O)NC1CCCC1)N1CCC(c2ncn[nH]2)CC1. The molecule has 0 radical (unpaired) electrons. The van der Waals surface area contributed by atoms with E-state index in [1.54, 1.807) is 0 Å². The maximum Gasteiger partial charge on any atom is 0.321 e. The molecule has 132 valence electrons. The first-order valence-electron chi connectivity index (χ1n) is 8.84. The average molecular weight is 334 g/mol. The predicted octanol–water partition coefficient (Wildman–Crippen LogP) is 1.14. The van der Waals surface area contributed by atoms with Crippen molar-refractivity contribution in [3.63, 3.8) is 0 Å². The number of piperidine rings is 1. The molecule has 2 fully saturated rings. The van der Waals surface area contributed by atoms with E-state index in [4.69, 9.17) is 0 Å². The number of rotatable bonds is 4. The number of carbonyl (C=O) groups is 2. The van der Waals surface area contributed by atoms with Crippen LogP contribution < -0.4 is 10.6 Å². The molecule has 1 aromatic heterocycles. The summed E-state index contributed by atoms with van der Waals surface area (Å²) in [5, 5.41) is 12.2. The summed E-state index contributed by atoms with van der Waals surface area (Å²) in [6.45, 7) is 3.47. The van der Waals surface area contributed by atoms with Gasteiger partial charge in [-0.15, -0.1) is 0 Å². The largest absolute Gasteiger partial charge is 0.335 e. The zero-order chi connectivity index (χ0) is 16.9. The van der Waals surface area contributed by atoms with E-state index in [0.717, 1.165) is 57.4 Å². The van der Waals surface area contributed by atoms with Crippen LogP contribution in [0.2, 0.25) is 0 Å². The summed E-state index contributed by atoms with van der Waals surface area (Å²) in [5.74, 6) is 1.05. The summed E-state index contributed by atoms with van der Waals surface area (Å²) in [4.78, 5) is 30.5. The van der Waals surface area contributed by atoms with Gasteiger partial charge in [-0.2, -0.15) is 5.10 Å². The number of aromatic amines is 1. The van der Waals surface area contributed by atoms with Crippen molar-refractivity contribution in [2.45, 2.75) is 63.5 Å². The molecule has 1 saturated carbocycles. The molecule has 0 spiro atoms. The highest BCUT2D eigenvalue weighted by Crippen LogP contribution is 2.26. The first-order valence-corrected chi connectivity index (χ1v) is 8.84. The fraction of sp³-hybridized carbons (Fsp3) is 0.750. The number of urea groups is 1. The van der Waals surface area contributed by atoms with Crippen LogP contribution in [0.4, 0.5) is 4.79 Å². The van der Waals surface area contributed by atoms with Crippen molar-refractivity contribution < 1.29 is 9.59 Å². The molecule has 1 aliphatic heterocycles. The van der Waals surface area contributed by atoms with E-state index < -0.39 is 0 Å². The third kappa shape index (κ3) is 4.11. The van der Waals surface area contributed by atoms with Crippen molar-refractivity contribution in [2.75, 3.05) is 13.1 Å². The van der Waals surface area contributed by atoms with E-state index in [2.05, 4.69) is 30.7 Å². The van der Waals surface area contributed by atoms with Crippen molar-refractivity contribution in [3.8, 4) is 0 Å². The number of carbonyl (C=O) groups excluding carboxylic acids is 2. The Morgan fingerprint density at radius 3 is 2.58 bits per heavy atom. The van der Waals surface area contributed by atoms with Crippen LogP contribution in [0.1, 0.15) is 57.2 Å². The molecule has 8 heteroatoms. The van der Waals surface area contributed by atoms with Gasteiger partial charge in [0.25, 0.3) is 0 Å². The number of H-pyrrole nitrogens is 1. The van der Waals surface area contributed by atoms with Crippen molar-refractivity contribution >= 4 is 11.9 Å². The number of hydrogen-bond acceptors (Lipinski definition) is 5. The summed E-state index contributed by atoms with van der Waals surface area (Å²) < 4.78 is 0. The molecule has 0 bridgehead atoms. The van der Waals surface area contributed by atoms with Gasteiger partial charge in [0.1, 0.15) is 12.2 Å². The zero-order valence-electron chi connectivity index (χ0n) is 14.1. The van der Waals surface area contributed by atoms with Gasteiger partial charge in [0, 0.05) is 12.0 Å². The average Bonchev–Trinajstić information content (AvgIpc) is 3.27. The van der Waals surface area contributed by atoms with Crippen LogP contribution in [0.15, 0.2) is 6.33 Å². The van der Waals surface area contributed by atoms with Crippen LogP contribution in [0, 0.1) is 0 Å². The minimum Gasteiger partial charge on any atom is -0.335 e. The molecular formula is C16H26N6O2. The lowest BCUT2D eigenvalue weighted by Crippen LogP contribution is -2.52. The quantitative estimate of drug-likeness (QED) is 0.766. The number of aromatic nitrogens is 3. The molecule has 3 rings (SSSR count). The third-order valence-corrected chi connectivity index (χ3v) is 5.20. The van der Waals surface area contributed by atoms with Gasteiger partial charge in [0.05, 0.1) is 6.04 Å². The highest BCUT2D eigenvalue weighted by atomic mass is 16.2. The van der Waals surface area contributed by atoms with Gasteiger partial charge in [0.2, 0.25) is 5.91 Å². The van der Waals surface area contributed by atoms with Crippen molar-refractivity contribution in [2.24, 2.45) is 0 Å². The fourth-order valence-electron chi connectivity index (χ4n) is 3.65.